The summed E-state index contributed by atoms with van der Waals surface area (Å²) in [5.41, 5.74) is -0.0515. The molecular weight excluding hydrogens is 142 g/mol. The summed E-state index contributed by atoms with van der Waals surface area (Å²) in [6, 6.07) is 0. The van der Waals surface area contributed by atoms with Gasteiger partial charge in [0.05, 0.1) is 5.60 Å². The van der Waals surface area contributed by atoms with Crippen LogP contribution in [0.3, 0.4) is 0 Å². The van der Waals surface area contributed by atoms with Gasteiger partial charge in [0.15, 0.2) is 0 Å². The van der Waals surface area contributed by atoms with Crippen LogP contribution in [0.5, 0.6) is 0 Å². The minimum Gasteiger partial charge on any atom is -0.411 e. The lowest BCUT2D eigenvalue weighted by Gasteiger charge is -2.33. The summed E-state index contributed by atoms with van der Waals surface area (Å²) in [5, 5.41) is 11.4. The zero-order valence-corrected chi connectivity index (χ0v) is 7.08. The molecule has 1 fully saturated rings. The molecule has 64 valence electrons. The van der Waals surface area contributed by atoms with Crippen LogP contribution in [0.2, 0.25) is 0 Å². The molecule has 11 heavy (non-hydrogen) atoms. The first-order valence-corrected chi connectivity index (χ1v) is 3.95. The van der Waals surface area contributed by atoms with E-state index < -0.39 is 0 Å². The number of ether oxygens (including phenoxy) is 1. The number of nitrogens with zero attached hydrogens (tertiary/aromatic N) is 1. The number of rotatable bonds is 1. The van der Waals surface area contributed by atoms with Crippen LogP contribution in [0.1, 0.15) is 26.7 Å². The van der Waals surface area contributed by atoms with Crippen molar-refractivity contribution in [1.82, 2.24) is 0 Å². The average molecular weight is 157 g/mol. The summed E-state index contributed by atoms with van der Waals surface area (Å²) in [5.74, 6) is 0.378. The highest BCUT2D eigenvalue weighted by Gasteiger charge is 2.27. The van der Waals surface area contributed by atoms with E-state index in [-0.39, 0.29) is 5.60 Å². The third-order valence-corrected chi connectivity index (χ3v) is 2.01. The highest BCUT2D eigenvalue weighted by atomic mass is 16.5. The van der Waals surface area contributed by atoms with Crippen molar-refractivity contribution >= 4 is 6.21 Å². The Morgan fingerprint density at radius 1 is 1.64 bits per heavy atom. The van der Waals surface area contributed by atoms with Crippen molar-refractivity contribution in [2.45, 2.75) is 32.3 Å². The Hall–Kier alpha value is -0.570. The van der Waals surface area contributed by atoms with Crippen LogP contribution < -0.4 is 0 Å². The monoisotopic (exact) mass is 157 g/mol. The van der Waals surface area contributed by atoms with E-state index in [0.717, 1.165) is 19.4 Å². The molecule has 0 saturated carbocycles. The predicted molar refractivity (Wildman–Crippen MR) is 43.0 cm³/mol. The standard InChI is InChI=1S/C8H15NO2/c1-8(2)5-7(6-9-10)3-4-11-8/h6-7,10H,3-5H2,1-2H3/b9-6+. The highest BCUT2D eigenvalue weighted by molar-refractivity contribution is 5.60. The summed E-state index contributed by atoms with van der Waals surface area (Å²) in [4.78, 5) is 0. The molecule has 1 aliphatic rings. The summed E-state index contributed by atoms with van der Waals surface area (Å²) in [6.45, 7) is 4.89. The first kappa shape index (κ1) is 8.53. The van der Waals surface area contributed by atoms with Gasteiger partial charge in [-0.3, -0.25) is 0 Å². The molecule has 0 aromatic carbocycles. The lowest BCUT2D eigenvalue weighted by Crippen LogP contribution is -2.34. The Labute approximate surface area is 67.0 Å². The van der Waals surface area contributed by atoms with Crippen molar-refractivity contribution in [1.29, 1.82) is 0 Å². The fraction of sp³-hybridized carbons (Fsp3) is 0.875. The molecule has 1 unspecified atom stereocenters. The van der Waals surface area contributed by atoms with Crippen LogP contribution in [-0.4, -0.2) is 23.6 Å². The van der Waals surface area contributed by atoms with E-state index in [9.17, 15) is 0 Å². The predicted octanol–water partition coefficient (Wildman–Crippen LogP) is 1.65. The Balaban J connectivity index is 2.46. The van der Waals surface area contributed by atoms with E-state index in [1.54, 1.807) is 6.21 Å². The number of hydrogen-bond acceptors (Lipinski definition) is 3. The first-order chi connectivity index (χ1) is 5.14. The maximum atomic E-state index is 8.32. The average Bonchev–Trinajstić information content (AvgIpc) is 1.85. The molecule has 0 aromatic rings. The topological polar surface area (TPSA) is 41.8 Å². The molecule has 1 aliphatic heterocycles. The van der Waals surface area contributed by atoms with Crippen LogP contribution >= 0.6 is 0 Å². The maximum absolute atomic E-state index is 8.32. The van der Waals surface area contributed by atoms with Gasteiger partial charge in [-0.2, -0.15) is 0 Å². The molecule has 1 N–H and O–H groups in total. The van der Waals surface area contributed by atoms with Gasteiger partial charge in [0.1, 0.15) is 0 Å². The molecule has 1 heterocycles. The highest BCUT2D eigenvalue weighted by Crippen LogP contribution is 2.27. The van der Waals surface area contributed by atoms with E-state index in [1.807, 2.05) is 0 Å². The van der Waals surface area contributed by atoms with Gasteiger partial charge in [-0.1, -0.05) is 0 Å². The maximum Gasteiger partial charge on any atom is 0.0632 e. The fourth-order valence-corrected chi connectivity index (χ4v) is 1.50. The fourth-order valence-electron chi connectivity index (χ4n) is 1.50. The van der Waals surface area contributed by atoms with Crippen LogP contribution in [0, 0.1) is 5.92 Å². The van der Waals surface area contributed by atoms with Crippen molar-refractivity contribution in [3.63, 3.8) is 0 Å². The Morgan fingerprint density at radius 2 is 2.36 bits per heavy atom. The van der Waals surface area contributed by atoms with Crippen LogP contribution in [0.25, 0.3) is 0 Å². The first-order valence-electron chi connectivity index (χ1n) is 3.95. The van der Waals surface area contributed by atoms with E-state index in [1.165, 1.54) is 0 Å². The Morgan fingerprint density at radius 3 is 2.91 bits per heavy atom. The molecule has 3 heteroatoms. The van der Waals surface area contributed by atoms with E-state index in [0.29, 0.717) is 5.92 Å². The van der Waals surface area contributed by atoms with Crippen LogP contribution in [0.15, 0.2) is 5.16 Å². The Kier molecular flexibility index (Phi) is 2.49. The van der Waals surface area contributed by atoms with E-state index in [4.69, 9.17) is 9.94 Å². The SMILES string of the molecule is CC1(C)CC(/C=N/O)CCO1. The van der Waals surface area contributed by atoms with Gasteiger partial charge < -0.3 is 9.94 Å². The molecule has 0 spiro atoms. The van der Waals surface area contributed by atoms with Gasteiger partial charge in [0.25, 0.3) is 0 Å². The normalized spacial score (nSPS) is 30.9. The van der Waals surface area contributed by atoms with Gasteiger partial charge in [0, 0.05) is 18.7 Å². The van der Waals surface area contributed by atoms with Gasteiger partial charge in [0.2, 0.25) is 0 Å². The van der Waals surface area contributed by atoms with Crippen molar-refractivity contribution in [2.24, 2.45) is 11.1 Å². The largest absolute Gasteiger partial charge is 0.411 e. The van der Waals surface area contributed by atoms with Crippen molar-refractivity contribution in [3.05, 3.63) is 0 Å². The van der Waals surface area contributed by atoms with Crippen molar-refractivity contribution in [3.8, 4) is 0 Å². The second kappa shape index (κ2) is 3.22. The van der Waals surface area contributed by atoms with Gasteiger partial charge in [-0.25, -0.2) is 0 Å². The van der Waals surface area contributed by atoms with Gasteiger partial charge in [-0.15, -0.1) is 5.16 Å². The molecule has 0 aromatic heterocycles. The second-order valence-electron chi connectivity index (χ2n) is 3.63. The number of oxime groups is 1. The quantitative estimate of drug-likeness (QED) is 0.357. The summed E-state index contributed by atoms with van der Waals surface area (Å²) in [6.07, 6.45) is 3.51. The van der Waals surface area contributed by atoms with Crippen molar-refractivity contribution < 1.29 is 9.94 Å². The molecular formula is C8H15NO2. The molecule has 1 atom stereocenters. The molecule has 0 bridgehead atoms. The molecule has 0 radical (unpaired) electrons. The third kappa shape index (κ3) is 2.50. The zero-order chi connectivity index (χ0) is 8.32. The zero-order valence-electron chi connectivity index (χ0n) is 7.08. The van der Waals surface area contributed by atoms with E-state index in [2.05, 4.69) is 19.0 Å². The molecule has 1 saturated heterocycles. The molecule has 0 amide bonds. The lowest BCUT2D eigenvalue weighted by atomic mass is 9.89. The summed E-state index contributed by atoms with van der Waals surface area (Å²) in [7, 11) is 0. The van der Waals surface area contributed by atoms with Crippen LogP contribution in [-0.2, 0) is 4.74 Å². The van der Waals surface area contributed by atoms with Gasteiger partial charge in [-0.05, 0) is 26.7 Å². The molecule has 3 nitrogen and oxygen atoms in total. The smallest absolute Gasteiger partial charge is 0.0632 e. The second-order valence-corrected chi connectivity index (χ2v) is 3.63. The number of hydrogen-bond donors (Lipinski definition) is 1. The lowest BCUT2D eigenvalue weighted by molar-refractivity contribution is -0.0610. The van der Waals surface area contributed by atoms with Gasteiger partial charge >= 0.3 is 0 Å². The molecule has 0 aliphatic carbocycles. The minimum atomic E-state index is -0.0515. The van der Waals surface area contributed by atoms with E-state index >= 15 is 0 Å². The molecule has 1 rings (SSSR count). The summed E-state index contributed by atoms with van der Waals surface area (Å²) < 4.78 is 5.50. The minimum absolute atomic E-state index is 0.0515. The summed E-state index contributed by atoms with van der Waals surface area (Å²) >= 11 is 0. The third-order valence-electron chi connectivity index (χ3n) is 2.01. The Bertz CT molecular complexity index is 154. The van der Waals surface area contributed by atoms with Crippen LogP contribution in [0.4, 0.5) is 0 Å². The van der Waals surface area contributed by atoms with Crippen molar-refractivity contribution in [2.75, 3.05) is 6.61 Å².